The van der Waals surface area contributed by atoms with E-state index in [4.69, 9.17) is 16.3 Å². The van der Waals surface area contributed by atoms with Crippen molar-refractivity contribution in [2.45, 2.75) is 0 Å². The van der Waals surface area contributed by atoms with E-state index in [9.17, 15) is 14.5 Å². The second-order valence-electron chi connectivity index (χ2n) is 4.15. The zero-order valence-electron chi connectivity index (χ0n) is 10.9. The highest BCUT2D eigenvalue weighted by atomic mass is 35.5. The fourth-order valence-electron chi connectivity index (χ4n) is 1.66. The number of hydrogen-bond donors (Lipinski definition) is 1. The molecule has 21 heavy (non-hydrogen) atoms. The summed E-state index contributed by atoms with van der Waals surface area (Å²) in [5.74, 6) is 0.231. The molecule has 0 heterocycles. The van der Waals surface area contributed by atoms with E-state index in [0.29, 0.717) is 24.6 Å². The molecule has 0 saturated heterocycles. The first kappa shape index (κ1) is 15.1. The summed E-state index contributed by atoms with van der Waals surface area (Å²) in [5.41, 5.74) is 0.426. The largest absolute Gasteiger partial charge is 0.492 e. The number of anilines is 1. The van der Waals surface area contributed by atoms with Gasteiger partial charge in [0.15, 0.2) is 0 Å². The van der Waals surface area contributed by atoms with Crippen molar-refractivity contribution in [3.05, 3.63) is 63.4 Å². The van der Waals surface area contributed by atoms with Crippen molar-refractivity contribution in [1.82, 2.24) is 0 Å². The van der Waals surface area contributed by atoms with E-state index in [0.717, 1.165) is 0 Å². The minimum absolute atomic E-state index is 0.0908. The molecule has 7 heteroatoms. The summed E-state index contributed by atoms with van der Waals surface area (Å²) in [7, 11) is 0. The van der Waals surface area contributed by atoms with Gasteiger partial charge in [-0.25, -0.2) is 4.39 Å². The molecule has 2 aromatic rings. The van der Waals surface area contributed by atoms with Crippen LogP contribution in [0, 0.1) is 15.9 Å². The molecule has 5 nitrogen and oxygen atoms in total. The lowest BCUT2D eigenvalue weighted by atomic mass is 10.3. The molecule has 0 atom stereocenters. The maximum absolute atomic E-state index is 12.7. The summed E-state index contributed by atoms with van der Waals surface area (Å²) < 4.78 is 18.1. The van der Waals surface area contributed by atoms with Gasteiger partial charge in [-0.3, -0.25) is 10.1 Å². The second-order valence-corrected chi connectivity index (χ2v) is 4.56. The van der Waals surface area contributed by atoms with E-state index in [2.05, 4.69) is 5.32 Å². The van der Waals surface area contributed by atoms with Crippen LogP contribution in [0.1, 0.15) is 0 Å². The summed E-state index contributed by atoms with van der Waals surface area (Å²) in [6.07, 6.45) is 0. The summed E-state index contributed by atoms with van der Waals surface area (Å²) in [5, 5.41) is 13.8. The fraction of sp³-hybridized carbons (Fsp3) is 0.143. The van der Waals surface area contributed by atoms with Gasteiger partial charge in [-0.15, -0.1) is 0 Å². The van der Waals surface area contributed by atoms with E-state index in [1.165, 1.54) is 36.4 Å². The number of benzene rings is 2. The minimum Gasteiger partial charge on any atom is -0.492 e. The first-order chi connectivity index (χ1) is 10.1. The third kappa shape index (κ3) is 4.32. The molecule has 2 aromatic carbocycles. The highest BCUT2D eigenvalue weighted by molar-refractivity contribution is 6.32. The van der Waals surface area contributed by atoms with Crippen LogP contribution in [0.25, 0.3) is 0 Å². The highest BCUT2D eigenvalue weighted by Crippen LogP contribution is 2.27. The molecule has 2 rings (SSSR count). The number of ether oxygens (including phenoxy) is 1. The molecule has 0 radical (unpaired) electrons. The molecule has 0 saturated carbocycles. The van der Waals surface area contributed by atoms with Crippen LogP contribution in [0.3, 0.4) is 0 Å². The summed E-state index contributed by atoms with van der Waals surface area (Å²) in [4.78, 5) is 10.2. The molecule has 0 unspecified atom stereocenters. The Morgan fingerprint density at radius 1 is 1.24 bits per heavy atom. The number of hydrogen-bond acceptors (Lipinski definition) is 4. The Bertz CT molecular complexity index is 635. The number of halogens is 2. The van der Waals surface area contributed by atoms with Crippen molar-refractivity contribution in [2.24, 2.45) is 0 Å². The van der Waals surface area contributed by atoms with Crippen molar-refractivity contribution in [3.63, 3.8) is 0 Å². The topological polar surface area (TPSA) is 64.4 Å². The first-order valence-electron chi connectivity index (χ1n) is 6.12. The van der Waals surface area contributed by atoms with Gasteiger partial charge < -0.3 is 10.1 Å². The van der Waals surface area contributed by atoms with Crippen LogP contribution in [0.2, 0.25) is 5.02 Å². The summed E-state index contributed by atoms with van der Waals surface area (Å²) >= 11 is 5.72. The molecule has 0 bridgehead atoms. The van der Waals surface area contributed by atoms with Crippen LogP contribution in [-0.4, -0.2) is 18.1 Å². The summed E-state index contributed by atoms with van der Waals surface area (Å²) in [6.45, 7) is 0.776. The maximum atomic E-state index is 12.7. The highest BCUT2D eigenvalue weighted by Gasteiger charge is 2.12. The van der Waals surface area contributed by atoms with Gasteiger partial charge in [0.1, 0.15) is 23.2 Å². The van der Waals surface area contributed by atoms with Crippen molar-refractivity contribution < 1.29 is 14.1 Å². The number of nitrogens with zero attached hydrogens (tertiary/aromatic N) is 1. The van der Waals surface area contributed by atoms with E-state index < -0.39 is 4.92 Å². The van der Waals surface area contributed by atoms with Gasteiger partial charge in [0.25, 0.3) is 5.69 Å². The van der Waals surface area contributed by atoms with Crippen LogP contribution >= 0.6 is 11.6 Å². The maximum Gasteiger partial charge on any atom is 0.289 e. The normalized spacial score (nSPS) is 10.2. The predicted octanol–water partition coefficient (Wildman–Crippen LogP) is 3.88. The number of rotatable bonds is 6. The molecule has 0 amide bonds. The molecule has 110 valence electrons. The first-order valence-corrected chi connectivity index (χ1v) is 6.50. The van der Waals surface area contributed by atoms with Gasteiger partial charge >= 0.3 is 0 Å². The quantitative estimate of drug-likeness (QED) is 0.499. The van der Waals surface area contributed by atoms with Gasteiger partial charge in [-0.05, 0) is 36.4 Å². The van der Waals surface area contributed by atoms with E-state index in [1.807, 2.05) is 0 Å². The Labute approximate surface area is 125 Å². The molecular weight excluding hydrogens is 299 g/mol. The van der Waals surface area contributed by atoms with Crippen LogP contribution in [0.5, 0.6) is 5.75 Å². The monoisotopic (exact) mass is 310 g/mol. The lowest BCUT2D eigenvalue weighted by molar-refractivity contribution is -0.384. The standard InChI is InChI=1S/C14H12ClFN2O3/c15-13-6-3-11(9-14(13)18(19)20)17-7-8-21-12-4-1-10(16)2-5-12/h1-6,9,17H,7-8H2. The Morgan fingerprint density at radius 2 is 1.95 bits per heavy atom. The van der Waals surface area contributed by atoms with Crippen molar-refractivity contribution in [2.75, 3.05) is 18.5 Å². The minimum atomic E-state index is -0.539. The third-order valence-electron chi connectivity index (χ3n) is 2.66. The Kier molecular flexibility index (Phi) is 4.94. The molecule has 0 aliphatic heterocycles. The smallest absolute Gasteiger partial charge is 0.289 e. The van der Waals surface area contributed by atoms with Gasteiger partial charge in [0.2, 0.25) is 0 Å². The fourth-order valence-corrected chi connectivity index (χ4v) is 1.84. The third-order valence-corrected chi connectivity index (χ3v) is 2.98. The Morgan fingerprint density at radius 3 is 2.62 bits per heavy atom. The van der Waals surface area contributed by atoms with Crippen LogP contribution in [-0.2, 0) is 0 Å². The number of nitro benzene ring substituents is 1. The van der Waals surface area contributed by atoms with Crippen LogP contribution in [0.15, 0.2) is 42.5 Å². The molecule has 0 aromatic heterocycles. The van der Waals surface area contributed by atoms with Gasteiger partial charge in [0.05, 0.1) is 4.92 Å². The molecular formula is C14H12ClFN2O3. The van der Waals surface area contributed by atoms with Crippen molar-refractivity contribution in [1.29, 1.82) is 0 Å². The molecule has 0 aliphatic rings. The molecule has 0 spiro atoms. The van der Waals surface area contributed by atoms with Gasteiger partial charge in [-0.2, -0.15) is 0 Å². The molecule has 0 fully saturated rings. The van der Waals surface area contributed by atoms with E-state index >= 15 is 0 Å². The van der Waals surface area contributed by atoms with Crippen LogP contribution in [0.4, 0.5) is 15.8 Å². The average molecular weight is 311 g/mol. The lowest BCUT2D eigenvalue weighted by Gasteiger charge is -2.08. The van der Waals surface area contributed by atoms with E-state index in [-0.39, 0.29) is 16.5 Å². The molecule has 1 N–H and O–H groups in total. The van der Waals surface area contributed by atoms with Gasteiger partial charge in [0, 0.05) is 18.3 Å². The molecule has 0 aliphatic carbocycles. The number of nitrogens with one attached hydrogen (secondary N) is 1. The predicted molar refractivity (Wildman–Crippen MR) is 78.5 cm³/mol. The lowest BCUT2D eigenvalue weighted by Crippen LogP contribution is -2.11. The SMILES string of the molecule is O=[N+]([O-])c1cc(NCCOc2ccc(F)cc2)ccc1Cl. The van der Waals surface area contributed by atoms with Crippen LogP contribution < -0.4 is 10.1 Å². The summed E-state index contributed by atoms with van der Waals surface area (Å²) in [6, 6.07) is 10.2. The second kappa shape index (κ2) is 6.90. The van der Waals surface area contributed by atoms with Crippen molar-refractivity contribution >= 4 is 23.0 Å². The average Bonchev–Trinajstić information content (AvgIpc) is 2.46. The zero-order valence-corrected chi connectivity index (χ0v) is 11.6. The Hall–Kier alpha value is -2.34. The Balaban J connectivity index is 1.85. The van der Waals surface area contributed by atoms with Gasteiger partial charge in [-0.1, -0.05) is 11.6 Å². The number of nitro groups is 1. The van der Waals surface area contributed by atoms with Crippen molar-refractivity contribution in [3.8, 4) is 5.75 Å². The zero-order chi connectivity index (χ0) is 15.2. The van der Waals surface area contributed by atoms with E-state index in [1.54, 1.807) is 6.07 Å².